The first-order valence-corrected chi connectivity index (χ1v) is 12.0. The maximum atomic E-state index is 15.6. The van der Waals surface area contributed by atoms with Crippen LogP contribution in [0.25, 0.3) is 22.3 Å². The summed E-state index contributed by atoms with van der Waals surface area (Å²) in [7, 11) is 3.21. The minimum absolute atomic E-state index is 0.0782. The van der Waals surface area contributed by atoms with E-state index in [4.69, 9.17) is 4.42 Å². The number of carbonyl (C=O) groups is 2. The van der Waals surface area contributed by atoms with Crippen LogP contribution in [0.4, 0.5) is 24.5 Å². The molecule has 0 spiro atoms. The molecular weight excluding hydrogens is 499 g/mol. The standard InChI is InChI=1S/C28H32F3N3O4/c1-27(2,3)25(36)32-17-10-9-14(11-16(17)29)19-12-18(35)20-23(33-26(37)28(4,5)6)21(30)15(13-34(7)8)22(31)24(20)38-19/h9-12H,13H2,1-8H3,(H,32,36)(H,33,37). The molecule has 2 amide bonds. The molecule has 2 N–H and O–H groups in total. The van der Waals surface area contributed by atoms with Crippen LogP contribution in [0.15, 0.2) is 33.5 Å². The van der Waals surface area contributed by atoms with Crippen molar-refractivity contribution in [2.75, 3.05) is 24.7 Å². The lowest BCUT2D eigenvalue weighted by Gasteiger charge is -2.21. The molecule has 0 aliphatic rings. The summed E-state index contributed by atoms with van der Waals surface area (Å²) in [6.07, 6.45) is 0. The molecule has 0 unspecified atom stereocenters. The van der Waals surface area contributed by atoms with Gasteiger partial charge in [-0.15, -0.1) is 0 Å². The molecule has 2 aromatic carbocycles. The molecular formula is C28H32F3N3O4. The van der Waals surface area contributed by atoms with Crippen molar-refractivity contribution < 1.29 is 27.2 Å². The quantitative estimate of drug-likeness (QED) is 0.427. The van der Waals surface area contributed by atoms with Gasteiger partial charge in [0.2, 0.25) is 11.8 Å². The second-order valence-electron chi connectivity index (χ2n) is 11.5. The number of fused-ring (bicyclic) bond motifs is 1. The molecule has 3 rings (SSSR count). The maximum absolute atomic E-state index is 15.6. The van der Waals surface area contributed by atoms with E-state index in [1.54, 1.807) is 55.6 Å². The third-order valence-corrected chi connectivity index (χ3v) is 5.72. The van der Waals surface area contributed by atoms with Crippen molar-refractivity contribution in [2.24, 2.45) is 10.8 Å². The second kappa shape index (κ2) is 10.2. The van der Waals surface area contributed by atoms with Crippen LogP contribution in [0.2, 0.25) is 0 Å². The fourth-order valence-electron chi connectivity index (χ4n) is 3.47. The van der Waals surface area contributed by atoms with Gasteiger partial charge in [0.05, 0.1) is 16.8 Å². The summed E-state index contributed by atoms with van der Waals surface area (Å²) < 4.78 is 51.7. The molecule has 0 aliphatic carbocycles. The van der Waals surface area contributed by atoms with Crippen molar-refractivity contribution in [3.63, 3.8) is 0 Å². The molecule has 0 aliphatic heterocycles. The van der Waals surface area contributed by atoms with E-state index in [0.29, 0.717) is 0 Å². The predicted molar refractivity (Wildman–Crippen MR) is 141 cm³/mol. The highest BCUT2D eigenvalue weighted by atomic mass is 19.1. The van der Waals surface area contributed by atoms with Crippen LogP contribution in [0.1, 0.15) is 47.1 Å². The van der Waals surface area contributed by atoms with Crippen molar-refractivity contribution in [3.05, 3.63) is 57.5 Å². The number of amides is 2. The van der Waals surface area contributed by atoms with E-state index in [2.05, 4.69) is 10.6 Å². The summed E-state index contributed by atoms with van der Waals surface area (Å²) >= 11 is 0. The van der Waals surface area contributed by atoms with Crippen LogP contribution in [0, 0.1) is 28.3 Å². The lowest BCUT2D eigenvalue weighted by Crippen LogP contribution is -2.29. The fourth-order valence-corrected chi connectivity index (χ4v) is 3.47. The first kappa shape index (κ1) is 28.9. The topological polar surface area (TPSA) is 91.7 Å². The Bertz CT molecular complexity index is 1480. The van der Waals surface area contributed by atoms with Gasteiger partial charge in [-0.3, -0.25) is 14.4 Å². The summed E-state index contributed by atoms with van der Waals surface area (Å²) in [5.74, 6) is -4.14. The van der Waals surface area contributed by atoms with Crippen LogP contribution in [0.5, 0.6) is 0 Å². The number of nitrogens with one attached hydrogen (secondary N) is 2. The Labute approximate surface area is 219 Å². The number of nitrogens with zero attached hydrogens (tertiary/aromatic N) is 1. The van der Waals surface area contributed by atoms with Crippen molar-refractivity contribution in [3.8, 4) is 11.3 Å². The summed E-state index contributed by atoms with van der Waals surface area (Å²) in [6.45, 7) is 9.67. The number of benzene rings is 2. The molecule has 10 heteroatoms. The number of carbonyl (C=O) groups excluding carboxylic acids is 2. The van der Waals surface area contributed by atoms with Crippen molar-refractivity contribution >= 4 is 34.2 Å². The normalized spacial score (nSPS) is 12.2. The molecule has 1 heterocycles. The molecule has 38 heavy (non-hydrogen) atoms. The van der Waals surface area contributed by atoms with Crippen LogP contribution in [-0.4, -0.2) is 30.8 Å². The fraction of sp³-hybridized carbons (Fsp3) is 0.393. The van der Waals surface area contributed by atoms with E-state index in [9.17, 15) is 18.8 Å². The van der Waals surface area contributed by atoms with Crippen molar-refractivity contribution in [1.82, 2.24) is 4.90 Å². The predicted octanol–water partition coefficient (Wildman–Crippen LogP) is 5.91. The number of anilines is 2. The summed E-state index contributed by atoms with van der Waals surface area (Å²) in [5.41, 5.74) is -3.96. The molecule has 0 radical (unpaired) electrons. The molecule has 3 aromatic rings. The highest BCUT2D eigenvalue weighted by Crippen LogP contribution is 2.35. The molecule has 7 nitrogen and oxygen atoms in total. The SMILES string of the molecule is CN(C)Cc1c(F)c(NC(=O)C(C)(C)C)c2c(=O)cc(-c3ccc(NC(=O)C(C)(C)C)c(F)c3)oc2c1F. The Kier molecular flexibility index (Phi) is 7.79. The first-order valence-electron chi connectivity index (χ1n) is 12.0. The third kappa shape index (κ3) is 5.91. The van der Waals surface area contributed by atoms with Gasteiger partial charge in [0.1, 0.15) is 11.6 Å². The highest BCUT2D eigenvalue weighted by Gasteiger charge is 2.29. The summed E-state index contributed by atoms with van der Waals surface area (Å²) in [6, 6.07) is 4.70. The Morgan fingerprint density at radius 2 is 1.47 bits per heavy atom. The van der Waals surface area contributed by atoms with Gasteiger partial charge in [-0.2, -0.15) is 0 Å². The first-order chi connectivity index (χ1) is 17.4. The zero-order valence-electron chi connectivity index (χ0n) is 22.7. The van der Waals surface area contributed by atoms with Crippen molar-refractivity contribution in [2.45, 2.75) is 48.1 Å². The monoisotopic (exact) mass is 531 g/mol. The molecule has 0 saturated heterocycles. The van der Waals surface area contributed by atoms with Gasteiger partial charge in [-0.1, -0.05) is 41.5 Å². The molecule has 0 atom stereocenters. The van der Waals surface area contributed by atoms with Gasteiger partial charge in [0, 0.05) is 34.6 Å². The average molecular weight is 532 g/mol. The van der Waals surface area contributed by atoms with Gasteiger partial charge < -0.3 is 20.0 Å². The van der Waals surface area contributed by atoms with Gasteiger partial charge in [0.15, 0.2) is 22.6 Å². The van der Waals surface area contributed by atoms with Gasteiger partial charge in [0.25, 0.3) is 0 Å². The van der Waals surface area contributed by atoms with Crippen LogP contribution in [-0.2, 0) is 16.1 Å². The van der Waals surface area contributed by atoms with Crippen LogP contribution >= 0.6 is 0 Å². The van der Waals surface area contributed by atoms with E-state index in [-0.39, 0.29) is 23.6 Å². The smallest absolute Gasteiger partial charge is 0.229 e. The van der Waals surface area contributed by atoms with Gasteiger partial charge in [-0.05, 0) is 32.3 Å². The maximum Gasteiger partial charge on any atom is 0.229 e. The Morgan fingerprint density at radius 1 is 0.895 bits per heavy atom. The number of hydrogen-bond acceptors (Lipinski definition) is 5. The Balaban J connectivity index is 2.22. The second-order valence-corrected chi connectivity index (χ2v) is 11.5. The van der Waals surface area contributed by atoms with E-state index < -0.39 is 67.7 Å². The molecule has 0 fully saturated rings. The lowest BCUT2D eigenvalue weighted by atomic mass is 9.95. The lowest BCUT2D eigenvalue weighted by molar-refractivity contribution is -0.123. The zero-order chi connectivity index (χ0) is 28.7. The van der Waals surface area contributed by atoms with E-state index in [1.165, 1.54) is 17.0 Å². The van der Waals surface area contributed by atoms with Crippen molar-refractivity contribution in [1.29, 1.82) is 0 Å². The summed E-state index contributed by atoms with van der Waals surface area (Å²) in [4.78, 5) is 39.6. The molecule has 204 valence electrons. The molecule has 1 aromatic heterocycles. The zero-order valence-corrected chi connectivity index (χ0v) is 22.7. The average Bonchev–Trinajstić information content (AvgIpc) is 2.78. The van der Waals surface area contributed by atoms with E-state index in [0.717, 1.165) is 12.1 Å². The Morgan fingerprint density at radius 3 is 2.00 bits per heavy atom. The number of halogens is 3. The highest BCUT2D eigenvalue weighted by molar-refractivity contribution is 6.03. The molecule has 0 bridgehead atoms. The van der Waals surface area contributed by atoms with Gasteiger partial charge >= 0.3 is 0 Å². The summed E-state index contributed by atoms with van der Waals surface area (Å²) in [5, 5.41) is 4.44. The third-order valence-electron chi connectivity index (χ3n) is 5.72. The van der Waals surface area contributed by atoms with Crippen LogP contribution in [0.3, 0.4) is 0 Å². The van der Waals surface area contributed by atoms with E-state index >= 15 is 8.78 Å². The van der Waals surface area contributed by atoms with E-state index in [1.807, 2.05) is 0 Å². The molecule has 0 saturated carbocycles. The number of rotatable bonds is 5. The largest absolute Gasteiger partial charge is 0.453 e. The minimum atomic E-state index is -1.10. The minimum Gasteiger partial charge on any atom is -0.453 e. The van der Waals surface area contributed by atoms with Gasteiger partial charge in [-0.25, -0.2) is 13.2 Å². The van der Waals surface area contributed by atoms with Crippen LogP contribution < -0.4 is 16.1 Å². The Hall–Kier alpha value is -3.66. The number of hydrogen-bond donors (Lipinski definition) is 2.